The monoisotopic (exact) mass is 269 g/mol. The van der Waals surface area contributed by atoms with Crippen molar-refractivity contribution in [3.05, 3.63) is 65.7 Å². The van der Waals surface area contributed by atoms with Crippen LogP contribution in [0, 0.1) is 6.92 Å². The third-order valence-electron chi connectivity index (χ3n) is 3.25. The molecule has 0 radical (unpaired) electrons. The fourth-order valence-electron chi connectivity index (χ4n) is 2.04. The van der Waals surface area contributed by atoms with Crippen molar-refractivity contribution in [3.63, 3.8) is 0 Å². The zero-order valence-corrected chi connectivity index (χ0v) is 11.5. The molecule has 2 rings (SSSR count). The van der Waals surface area contributed by atoms with Crippen molar-refractivity contribution in [2.75, 3.05) is 5.32 Å². The molecule has 2 aromatic rings. The van der Waals surface area contributed by atoms with Gasteiger partial charge in [0.15, 0.2) is 0 Å². The van der Waals surface area contributed by atoms with E-state index in [0.29, 0.717) is 12.8 Å². The van der Waals surface area contributed by atoms with Crippen LogP contribution >= 0.6 is 0 Å². The maximum Gasteiger partial charge on any atom is 0.224 e. The summed E-state index contributed by atoms with van der Waals surface area (Å²) in [7, 11) is 0. The molecule has 0 bridgehead atoms. The summed E-state index contributed by atoms with van der Waals surface area (Å²) in [5, 5.41) is 12.9. The summed E-state index contributed by atoms with van der Waals surface area (Å²) in [5.41, 5.74) is 2.70. The lowest BCUT2D eigenvalue weighted by Crippen LogP contribution is -2.13. The van der Waals surface area contributed by atoms with Crippen molar-refractivity contribution in [1.82, 2.24) is 0 Å². The summed E-state index contributed by atoms with van der Waals surface area (Å²) in [6.45, 7) is 1.95. The van der Waals surface area contributed by atoms with Crippen molar-refractivity contribution in [2.45, 2.75) is 25.9 Å². The molecule has 3 heteroatoms. The van der Waals surface area contributed by atoms with Crippen LogP contribution in [0.25, 0.3) is 0 Å². The number of aryl methyl sites for hydroxylation is 1. The number of nitrogens with one attached hydrogen (secondary N) is 1. The van der Waals surface area contributed by atoms with Gasteiger partial charge in [0.25, 0.3) is 0 Å². The van der Waals surface area contributed by atoms with Crippen molar-refractivity contribution < 1.29 is 9.90 Å². The van der Waals surface area contributed by atoms with Crippen molar-refractivity contribution >= 4 is 11.6 Å². The molecule has 2 aromatic carbocycles. The van der Waals surface area contributed by atoms with Gasteiger partial charge >= 0.3 is 0 Å². The zero-order chi connectivity index (χ0) is 14.4. The third kappa shape index (κ3) is 3.93. The molecule has 0 saturated heterocycles. The number of hydrogen-bond acceptors (Lipinski definition) is 2. The first-order chi connectivity index (χ1) is 9.66. The Morgan fingerprint density at radius 1 is 1.10 bits per heavy atom. The minimum atomic E-state index is -0.598. The quantitative estimate of drug-likeness (QED) is 0.873. The van der Waals surface area contributed by atoms with Gasteiger partial charge in [-0.25, -0.2) is 0 Å². The Kier molecular flexibility index (Phi) is 4.91. The van der Waals surface area contributed by atoms with Gasteiger partial charge < -0.3 is 10.4 Å². The summed E-state index contributed by atoms with van der Waals surface area (Å²) in [6, 6.07) is 17.0. The smallest absolute Gasteiger partial charge is 0.224 e. The molecule has 0 spiro atoms. The predicted octanol–water partition coefficient (Wildman–Crippen LogP) is 3.45. The van der Waals surface area contributed by atoms with Gasteiger partial charge in [-0.1, -0.05) is 48.5 Å². The van der Waals surface area contributed by atoms with E-state index in [4.69, 9.17) is 0 Å². The standard InChI is InChI=1S/C17H19NO2/c1-13-7-5-6-10-15(13)18-17(20)12-11-16(19)14-8-3-2-4-9-14/h2-10,16,19H,11-12H2,1H3,(H,18,20). The van der Waals surface area contributed by atoms with E-state index in [9.17, 15) is 9.90 Å². The Bertz CT molecular complexity index is 566. The van der Waals surface area contributed by atoms with E-state index in [1.165, 1.54) is 0 Å². The van der Waals surface area contributed by atoms with Crippen LogP contribution in [-0.4, -0.2) is 11.0 Å². The van der Waals surface area contributed by atoms with Crippen molar-refractivity contribution in [1.29, 1.82) is 0 Å². The topological polar surface area (TPSA) is 49.3 Å². The Balaban J connectivity index is 1.85. The van der Waals surface area contributed by atoms with Crippen LogP contribution in [0.4, 0.5) is 5.69 Å². The third-order valence-corrected chi connectivity index (χ3v) is 3.25. The summed E-state index contributed by atoms with van der Waals surface area (Å²) in [6.07, 6.45) is 0.116. The molecule has 0 aliphatic rings. The number of aliphatic hydroxyl groups is 1. The highest BCUT2D eigenvalue weighted by atomic mass is 16.3. The molecule has 1 unspecified atom stereocenters. The molecule has 1 amide bonds. The first kappa shape index (κ1) is 14.3. The number of anilines is 1. The minimum absolute atomic E-state index is 0.0747. The molecule has 0 heterocycles. The van der Waals surface area contributed by atoms with Gasteiger partial charge in [0.05, 0.1) is 6.10 Å². The number of benzene rings is 2. The van der Waals surface area contributed by atoms with E-state index >= 15 is 0 Å². The molecule has 0 aliphatic carbocycles. The second-order valence-electron chi connectivity index (χ2n) is 4.83. The molecule has 0 aliphatic heterocycles. The molecule has 1 atom stereocenters. The first-order valence-electron chi connectivity index (χ1n) is 6.75. The molecule has 0 aromatic heterocycles. The lowest BCUT2D eigenvalue weighted by atomic mass is 10.0. The lowest BCUT2D eigenvalue weighted by Gasteiger charge is -2.11. The van der Waals surface area contributed by atoms with Gasteiger partial charge in [0.1, 0.15) is 0 Å². The predicted molar refractivity (Wildman–Crippen MR) is 80.4 cm³/mol. The number of aliphatic hydroxyl groups excluding tert-OH is 1. The van der Waals surface area contributed by atoms with Gasteiger partial charge in [-0.15, -0.1) is 0 Å². The van der Waals surface area contributed by atoms with Crippen molar-refractivity contribution in [3.8, 4) is 0 Å². The summed E-state index contributed by atoms with van der Waals surface area (Å²) < 4.78 is 0. The second kappa shape index (κ2) is 6.87. The SMILES string of the molecule is Cc1ccccc1NC(=O)CCC(O)c1ccccc1. The van der Waals surface area contributed by atoms with Crippen LogP contribution < -0.4 is 5.32 Å². The molecule has 20 heavy (non-hydrogen) atoms. The van der Waals surface area contributed by atoms with Gasteiger partial charge in [-0.05, 0) is 30.5 Å². The maximum absolute atomic E-state index is 11.9. The number of rotatable bonds is 5. The fourth-order valence-corrected chi connectivity index (χ4v) is 2.04. The molecule has 2 N–H and O–H groups in total. The number of carbonyl (C=O) groups is 1. The van der Waals surface area contributed by atoms with Gasteiger partial charge in [0, 0.05) is 12.1 Å². The number of amides is 1. The minimum Gasteiger partial charge on any atom is -0.388 e. The summed E-state index contributed by atoms with van der Waals surface area (Å²) in [4.78, 5) is 11.9. The van der Waals surface area contributed by atoms with Gasteiger partial charge in [-0.2, -0.15) is 0 Å². The van der Waals surface area contributed by atoms with E-state index < -0.39 is 6.10 Å². The van der Waals surface area contributed by atoms with Gasteiger partial charge in [0.2, 0.25) is 5.91 Å². The average Bonchev–Trinajstić information content (AvgIpc) is 2.48. The van der Waals surface area contributed by atoms with Crippen LogP contribution in [0.5, 0.6) is 0 Å². The first-order valence-corrected chi connectivity index (χ1v) is 6.75. The van der Waals surface area contributed by atoms with E-state index in [1.807, 2.05) is 61.5 Å². The molecule has 0 saturated carbocycles. The summed E-state index contributed by atoms with van der Waals surface area (Å²) in [5.74, 6) is -0.0747. The highest BCUT2D eigenvalue weighted by Gasteiger charge is 2.10. The van der Waals surface area contributed by atoms with E-state index in [-0.39, 0.29) is 5.91 Å². The Labute approximate surface area is 119 Å². The number of para-hydroxylation sites is 1. The Morgan fingerprint density at radius 3 is 2.45 bits per heavy atom. The van der Waals surface area contributed by atoms with Crippen LogP contribution in [0.1, 0.15) is 30.1 Å². The zero-order valence-electron chi connectivity index (χ0n) is 11.5. The molecule has 0 fully saturated rings. The lowest BCUT2D eigenvalue weighted by molar-refractivity contribution is -0.116. The maximum atomic E-state index is 11.9. The normalized spacial score (nSPS) is 11.9. The Hall–Kier alpha value is -2.13. The van der Waals surface area contributed by atoms with Gasteiger partial charge in [-0.3, -0.25) is 4.79 Å². The largest absolute Gasteiger partial charge is 0.388 e. The highest BCUT2D eigenvalue weighted by molar-refractivity contribution is 5.91. The average molecular weight is 269 g/mol. The van der Waals surface area contributed by atoms with E-state index in [1.54, 1.807) is 0 Å². The molecule has 104 valence electrons. The molecular weight excluding hydrogens is 250 g/mol. The molecular formula is C17H19NO2. The fraction of sp³-hybridized carbons (Fsp3) is 0.235. The second-order valence-corrected chi connectivity index (χ2v) is 4.83. The number of hydrogen-bond donors (Lipinski definition) is 2. The summed E-state index contributed by atoms with van der Waals surface area (Å²) >= 11 is 0. The number of carbonyl (C=O) groups excluding carboxylic acids is 1. The van der Waals surface area contributed by atoms with Crippen LogP contribution in [0.3, 0.4) is 0 Å². The Morgan fingerprint density at radius 2 is 1.75 bits per heavy atom. The molecule has 3 nitrogen and oxygen atoms in total. The van der Waals surface area contributed by atoms with Crippen LogP contribution in [0.2, 0.25) is 0 Å². The highest BCUT2D eigenvalue weighted by Crippen LogP contribution is 2.19. The van der Waals surface area contributed by atoms with E-state index in [0.717, 1.165) is 16.8 Å². The van der Waals surface area contributed by atoms with Crippen LogP contribution in [-0.2, 0) is 4.79 Å². The van der Waals surface area contributed by atoms with Crippen molar-refractivity contribution in [2.24, 2.45) is 0 Å². The van der Waals surface area contributed by atoms with Crippen LogP contribution in [0.15, 0.2) is 54.6 Å². The van der Waals surface area contributed by atoms with E-state index in [2.05, 4.69) is 5.32 Å².